The summed E-state index contributed by atoms with van der Waals surface area (Å²) >= 11 is 0. The van der Waals surface area contributed by atoms with Gasteiger partial charge in [-0.1, -0.05) is 0 Å². The molecule has 0 spiro atoms. The summed E-state index contributed by atoms with van der Waals surface area (Å²) < 4.78 is 10.9. The Morgan fingerprint density at radius 3 is 1.96 bits per heavy atom. The van der Waals surface area contributed by atoms with E-state index in [9.17, 15) is 4.79 Å². The van der Waals surface area contributed by atoms with Crippen LogP contribution in [0.3, 0.4) is 0 Å². The first-order valence-corrected chi connectivity index (χ1v) is 9.34. The summed E-state index contributed by atoms with van der Waals surface area (Å²) in [4.78, 5) is 33.8. The Balaban J connectivity index is 1.67. The van der Waals surface area contributed by atoms with Crippen LogP contribution < -0.4 is 15.1 Å². The number of carbonyl (C=O) groups is 1. The molecule has 10 nitrogen and oxygen atoms in total. The van der Waals surface area contributed by atoms with Crippen LogP contribution in [0.15, 0.2) is 18.3 Å². The minimum Gasteiger partial charge on any atom is -0.378 e. The van der Waals surface area contributed by atoms with Crippen molar-refractivity contribution in [3.05, 3.63) is 18.3 Å². The van der Waals surface area contributed by atoms with Gasteiger partial charge in [-0.2, -0.15) is 15.0 Å². The van der Waals surface area contributed by atoms with Crippen LogP contribution >= 0.6 is 0 Å². The van der Waals surface area contributed by atoms with Crippen molar-refractivity contribution < 1.29 is 14.3 Å². The molecule has 4 heterocycles. The second kappa shape index (κ2) is 8.44. The van der Waals surface area contributed by atoms with Gasteiger partial charge in [0.2, 0.25) is 17.8 Å². The predicted molar refractivity (Wildman–Crippen MR) is 103 cm³/mol. The summed E-state index contributed by atoms with van der Waals surface area (Å²) in [5.41, 5.74) is 1.26. The van der Waals surface area contributed by atoms with Crippen LogP contribution in [0.5, 0.6) is 0 Å². The number of nitrogens with one attached hydrogen (secondary N) is 1. The Bertz CT molecular complexity index is 782. The second-order valence-corrected chi connectivity index (χ2v) is 6.57. The summed E-state index contributed by atoms with van der Waals surface area (Å²) in [6, 6.07) is 3.59. The number of pyridine rings is 1. The average Bonchev–Trinajstić information content (AvgIpc) is 2.75. The van der Waals surface area contributed by atoms with Gasteiger partial charge < -0.3 is 24.6 Å². The molecule has 0 aliphatic carbocycles. The quantitative estimate of drug-likeness (QED) is 0.808. The molecule has 2 saturated heterocycles. The Morgan fingerprint density at radius 1 is 0.929 bits per heavy atom. The normalized spacial score (nSPS) is 17.5. The molecule has 2 fully saturated rings. The highest BCUT2D eigenvalue weighted by Gasteiger charge is 2.21. The fraction of sp³-hybridized carbons (Fsp3) is 0.500. The Labute approximate surface area is 162 Å². The van der Waals surface area contributed by atoms with E-state index in [1.807, 2.05) is 0 Å². The van der Waals surface area contributed by atoms with E-state index in [0.717, 1.165) is 26.2 Å². The highest BCUT2D eigenvalue weighted by Crippen LogP contribution is 2.22. The SMILES string of the molecule is CC(=O)Nc1ccc(-c2nc(N3CCOCC3)nc(N3CCOCC3)n2)nc1. The van der Waals surface area contributed by atoms with E-state index in [2.05, 4.69) is 30.1 Å². The number of nitrogens with zero attached hydrogens (tertiary/aromatic N) is 6. The highest BCUT2D eigenvalue weighted by molar-refractivity contribution is 5.88. The van der Waals surface area contributed by atoms with Gasteiger partial charge in [-0.15, -0.1) is 0 Å². The monoisotopic (exact) mass is 385 g/mol. The lowest BCUT2D eigenvalue weighted by Crippen LogP contribution is -2.40. The van der Waals surface area contributed by atoms with Gasteiger partial charge in [0.15, 0.2) is 5.82 Å². The molecule has 0 aromatic carbocycles. The molecule has 4 rings (SSSR count). The van der Waals surface area contributed by atoms with E-state index in [-0.39, 0.29) is 5.91 Å². The first-order chi connectivity index (χ1) is 13.7. The van der Waals surface area contributed by atoms with Crippen molar-refractivity contribution in [3.8, 4) is 11.5 Å². The van der Waals surface area contributed by atoms with Gasteiger partial charge in [0.1, 0.15) is 5.69 Å². The molecule has 2 aliphatic rings. The summed E-state index contributed by atoms with van der Waals surface area (Å²) in [6.07, 6.45) is 1.60. The maximum absolute atomic E-state index is 11.2. The largest absolute Gasteiger partial charge is 0.378 e. The van der Waals surface area contributed by atoms with Gasteiger partial charge in [0.25, 0.3) is 0 Å². The first-order valence-electron chi connectivity index (χ1n) is 9.34. The van der Waals surface area contributed by atoms with Gasteiger partial charge in [0.05, 0.1) is 38.3 Å². The smallest absolute Gasteiger partial charge is 0.230 e. The van der Waals surface area contributed by atoms with Crippen LogP contribution in [-0.2, 0) is 14.3 Å². The summed E-state index contributed by atoms with van der Waals surface area (Å²) in [6.45, 7) is 7.01. The maximum Gasteiger partial charge on any atom is 0.230 e. The Kier molecular flexibility index (Phi) is 5.58. The molecule has 1 N–H and O–H groups in total. The van der Waals surface area contributed by atoms with Crippen molar-refractivity contribution >= 4 is 23.5 Å². The molecule has 0 radical (unpaired) electrons. The van der Waals surface area contributed by atoms with Crippen molar-refractivity contribution in [1.82, 2.24) is 19.9 Å². The van der Waals surface area contributed by atoms with Gasteiger partial charge >= 0.3 is 0 Å². The molecule has 10 heteroatoms. The van der Waals surface area contributed by atoms with Crippen molar-refractivity contribution in [2.45, 2.75) is 6.92 Å². The van der Waals surface area contributed by atoms with Crippen LogP contribution in [0.4, 0.5) is 17.6 Å². The molecule has 0 saturated carbocycles. The van der Waals surface area contributed by atoms with Crippen LogP contribution in [-0.4, -0.2) is 78.4 Å². The number of carbonyl (C=O) groups excluding carboxylic acids is 1. The number of rotatable bonds is 4. The van der Waals surface area contributed by atoms with Crippen LogP contribution in [0, 0.1) is 0 Å². The molecule has 2 aromatic rings. The van der Waals surface area contributed by atoms with Crippen molar-refractivity contribution in [2.75, 3.05) is 67.7 Å². The molecular formula is C18H23N7O3. The highest BCUT2D eigenvalue weighted by atomic mass is 16.5. The molecule has 2 aliphatic heterocycles. The van der Waals surface area contributed by atoms with Crippen molar-refractivity contribution in [2.24, 2.45) is 0 Å². The topological polar surface area (TPSA) is 106 Å². The number of amides is 1. The van der Waals surface area contributed by atoms with E-state index in [1.165, 1.54) is 6.92 Å². The van der Waals surface area contributed by atoms with Gasteiger partial charge in [-0.3, -0.25) is 9.78 Å². The van der Waals surface area contributed by atoms with E-state index < -0.39 is 0 Å². The predicted octanol–water partition coefficient (Wildman–Crippen LogP) is 0.565. The fourth-order valence-electron chi connectivity index (χ4n) is 3.08. The molecule has 148 valence electrons. The van der Waals surface area contributed by atoms with Crippen LogP contribution in [0.2, 0.25) is 0 Å². The molecule has 2 aromatic heterocycles. The summed E-state index contributed by atoms with van der Waals surface area (Å²) in [5, 5.41) is 2.71. The molecule has 28 heavy (non-hydrogen) atoms. The van der Waals surface area contributed by atoms with Crippen LogP contribution in [0.1, 0.15) is 6.92 Å². The summed E-state index contributed by atoms with van der Waals surface area (Å²) in [7, 11) is 0. The Hall–Kier alpha value is -2.85. The third-order valence-electron chi connectivity index (χ3n) is 4.51. The molecule has 0 atom stereocenters. The fourth-order valence-corrected chi connectivity index (χ4v) is 3.08. The first kappa shape index (κ1) is 18.5. The third-order valence-corrected chi connectivity index (χ3v) is 4.51. The van der Waals surface area contributed by atoms with E-state index in [0.29, 0.717) is 55.5 Å². The standard InChI is InChI=1S/C18H23N7O3/c1-13(26)20-14-2-3-15(19-12-14)16-21-17(24-4-8-27-9-5-24)23-18(22-16)25-6-10-28-11-7-25/h2-3,12H,4-11H2,1H3,(H,20,26). The minimum atomic E-state index is -0.140. The number of hydrogen-bond acceptors (Lipinski definition) is 9. The zero-order valence-electron chi connectivity index (χ0n) is 15.8. The molecule has 0 bridgehead atoms. The van der Waals surface area contributed by atoms with Crippen LogP contribution in [0.25, 0.3) is 11.5 Å². The molecular weight excluding hydrogens is 362 g/mol. The summed E-state index contributed by atoms with van der Waals surface area (Å²) in [5.74, 6) is 1.62. The molecule has 0 unspecified atom stereocenters. The number of ether oxygens (including phenoxy) is 2. The molecule has 1 amide bonds. The lowest BCUT2D eigenvalue weighted by Gasteiger charge is -2.30. The lowest BCUT2D eigenvalue weighted by atomic mass is 10.3. The number of morpholine rings is 2. The Morgan fingerprint density at radius 2 is 1.50 bits per heavy atom. The van der Waals surface area contributed by atoms with E-state index in [4.69, 9.17) is 14.5 Å². The van der Waals surface area contributed by atoms with E-state index >= 15 is 0 Å². The zero-order chi connectivity index (χ0) is 19.3. The maximum atomic E-state index is 11.2. The van der Waals surface area contributed by atoms with Gasteiger partial charge in [-0.25, -0.2) is 0 Å². The van der Waals surface area contributed by atoms with Gasteiger partial charge in [0, 0.05) is 33.1 Å². The lowest BCUT2D eigenvalue weighted by molar-refractivity contribution is -0.114. The second-order valence-electron chi connectivity index (χ2n) is 6.57. The number of hydrogen-bond donors (Lipinski definition) is 1. The van der Waals surface area contributed by atoms with Crippen molar-refractivity contribution in [1.29, 1.82) is 0 Å². The zero-order valence-corrected chi connectivity index (χ0v) is 15.8. The average molecular weight is 385 g/mol. The van der Waals surface area contributed by atoms with Gasteiger partial charge in [-0.05, 0) is 12.1 Å². The van der Waals surface area contributed by atoms with E-state index in [1.54, 1.807) is 18.3 Å². The third kappa shape index (κ3) is 4.34. The minimum absolute atomic E-state index is 0.140. The number of aromatic nitrogens is 4. The number of anilines is 3. The van der Waals surface area contributed by atoms with Crippen molar-refractivity contribution in [3.63, 3.8) is 0 Å².